The van der Waals surface area contributed by atoms with Crippen LogP contribution in [0.1, 0.15) is 28.4 Å². The summed E-state index contributed by atoms with van der Waals surface area (Å²) in [6, 6.07) is 12.5. The normalized spacial score (nSPS) is 17.4. The van der Waals surface area contributed by atoms with Crippen LogP contribution < -0.4 is 9.64 Å². The van der Waals surface area contributed by atoms with Crippen molar-refractivity contribution >= 4 is 17.5 Å². The molecule has 2 aromatic rings. The monoisotopic (exact) mass is 352 g/mol. The van der Waals surface area contributed by atoms with Crippen molar-refractivity contribution in [1.29, 1.82) is 0 Å². The minimum Gasteiger partial charge on any atom is -0.496 e. The molecule has 0 aromatic heterocycles. The first kappa shape index (κ1) is 18.0. The predicted molar refractivity (Wildman–Crippen MR) is 102 cm³/mol. The summed E-state index contributed by atoms with van der Waals surface area (Å²) in [6.07, 6.45) is 0. The van der Waals surface area contributed by atoms with Gasteiger partial charge in [0.25, 0.3) is 5.91 Å². The average Bonchev–Trinajstić information content (AvgIpc) is 2.66. The number of para-hydroxylation sites is 1. The van der Waals surface area contributed by atoms with Gasteiger partial charge in [-0.25, -0.2) is 0 Å². The van der Waals surface area contributed by atoms with Crippen molar-refractivity contribution in [2.45, 2.75) is 26.8 Å². The van der Waals surface area contributed by atoms with Gasteiger partial charge in [0.2, 0.25) is 5.91 Å². The maximum atomic E-state index is 13.0. The zero-order valence-corrected chi connectivity index (χ0v) is 15.7. The van der Waals surface area contributed by atoms with Crippen molar-refractivity contribution in [2.75, 3.05) is 25.1 Å². The third-order valence-electron chi connectivity index (χ3n) is 5.12. The van der Waals surface area contributed by atoms with Crippen molar-refractivity contribution in [3.05, 3.63) is 59.2 Å². The van der Waals surface area contributed by atoms with E-state index in [4.69, 9.17) is 4.74 Å². The molecule has 5 nitrogen and oxygen atoms in total. The SMILES string of the molecule is COc1ccccc1C(=O)N1CCN(c2cccc(C)c2C)C(=O)[C@H]1C. The fourth-order valence-corrected chi connectivity index (χ4v) is 3.39. The third-order valence-corrected chi connectivity index (χ3v) is 5.12. The molecule has 26 heavy (non-hydrogen) atoms. The molecule has 136 valence electrons. The lowest BCUT2D eigenvalue weighted by Gasteiger charge is -2.40. The summed E-state index contributed by atoms with van der Waals surface area (Å²) in [5, 5.41) is 0. The first-order valence-electron chi connectivity index (χ1n) is 8.77. The molecule has 1 aliphatic heterocycles. The summed E-state index contributed by atoms with van der Waals surface area (Å²) in [7, 11) is 1.54. The number of carbonyl (C=O) groups is 2. The molecule has 0 radical (unpaired) electrons. The van der Waals surface area contributed by atoms with Crippen LogP contribution in [0.5, 0.6) is 5.75 Å². The molecule has 5 heteroatoms. The average molecular weight is 352 g/mol. The number of anilines is 1. The van der Waals surface area contributed by atoms with Gasteiger partial charge in [-0.15, -0.1) is 0 Å². The second-order valence-corrected chi connectivity index (χ2v) is 6.58. The maximum Gasteiger partial charge on any atom is 0.258 e. The standard InChI is InChI=1S/C21H24N2O3/c1-14-8-7-10-18(15(14)2)23-13-12-22(16(3)20(23)24)21(25)17-9-5-6-11-19(17)26-4/h5-11,16H,12-13H2,1-4H3/t16-/m1/s1. The number of hydrogen-bond donors (Lipinski definition) is 0. The molecule has 2 aromatic carbocycles. The van der Waals surface area contributed by atoms with E-state index in [1.54, 1.807) is 42.0 Å². The number of methoxy groups -OCH3 is 1. The van der Waals surface area contributed by atoms with Crippen LogP contribution in [0.2, 0.25) is 0 Å². The number of benzene rings is 2. The van der Waals surface area contributed by atoms with E-state index in [0.717, 1.165) is 16.8 Å². The minimum atomic E-state index is -0.527. The highest BCUT2D eigenvalue weighted by Gasteiger charge is 2.36. The van der Waals surface area contributed by atoms with E-state index in [-0.39, 0.29) is 11.8 Å². The molecule has 0 aliphatic carbocycles. The molecule has 1 heterocycles. The van der Waals surface area contributed by atoms with Gasteiger partial charge in [0.1, 0.15) is 11.8 Å². The van der Waals surface area contributed by atoms with E-state index in [1.165, 1.54) is 0 Å². The number of piperazine rings is 1. The number of hydrogen-bond acceptors (Lipinski definition) is 3. The molecule has 0 saturated carbocycles. The zero-order chi connectivity index (χ0) is 18.8. The van der Waals surface area contributed by atoms with Crippen LogP contribution in [0.4, 0.5) is 5.69 Å². The quantitative estimate of drug-likeness (QED) is 0.852. The van der Waals surface area contributed by atoms with Crippen LogP contribution in [0.3, 0.4) is 0 Å². The van der Waals surface area contributed by atoms with E-state index >= 15 is 0 Å². The van der Waals surface area contributed by atoms with Crippen molar-refractivity contribution in [2.24, 2.45) is 0 Å². The highest BCUT2D eigenvalue weighted by Crippen LogP contribution is 2.28. The Kier molecular flexibility index (Phi) is 4.98. The van der Waals surface area contributed by atoms with Crippen LogP contribution in [-0.4, -0.2) is 43.0 Å². The van der Waals surface area contributed by atoms with E-state index in [9.17, 15) is 9.59 Å². The van der Waals surface area contributed by atoms with Gasteiger partial charge in [0.15, 0.2) is 0 Å². The molecule has 1 fully saturated rings. The number of carbonyl (C=O) groups excluding carboxylic acids is 2. The molecule has 2 amide bonds. The van der Waals surface area contributed by atoms with Crippen molar-refractivity contribution < 1.29 is 14.3 Å². The summed E-state index contributed by atoms with van der Waals surface area (Å²) in [4.78, 5) is 29.4. The lowest BCUT2D eigenvalue weighted by atomic mass is 10.0. The van der Waals surface area contributed by atoms with Gasteiger partial charge in [-0.05, 0) is 50.1 Å². The number of amides is 2. The van der Waals surface area contributed by atoms with E-state index in [1.807, 2.05) is 38.1 Å². The van der Waals surface area contributed by atoms with Crippen molar-refractivity contribution in [3.63, 3.8) is 0 Å². The molecule has 0 bridgehead atoms. The van der Waals surface area contributed by atoms with Gasteiger partial charge < -0.3 is 14.5 Å². The molecule has 0 spiro atoms. The number of rotatable bonds is 3. The van der Waals surface area contributed by atoms with E-state index in [0.29, 0.717) is 24.4 Å². The second kappa shape index (κ2) is 7.20. The van der Waals surface area contributed by atoms with E-state index < -0.39 is 6.04 Å². The fraction of sp³-hybridized carbons (Fsp3) is 0.333. The van der Waals surface area contributed by atoms with Crippen LogP contribution in [0.25, 0.3) is 0 Å². The Hall–Kier alpha value is -2.82. The first-order valence-corrected chi connectivity index (χ1v) is 8.77. The van der Waals surface area contributed by atoms with Crippen LogP contribution in [0.15, 0.2) is 42.5 Å². The maximum absolute atomic E-state index is 13.0. The van der Waals surface area contributed by atoms with Crippen LogP contribution in [0, 0.1) is 13.8 Å². The van der Waals surface area contributed by atoms with Gasteiger partial charge in [-0.3, -0.25) is 9.59 Å². The molecule has 1 atom stereocenters. The Morgan fingerprint density at radius 1 is 1.08 bits per heavy atom. The lowest BCUT2D eigenvalue weighted by molar-refractivity contribution is -0.124. The number of ether oxygens (including phenoxy) is 1. The molecular formula is C21H24N2O3. The fourth-order valence-electron chi connectivity index (χ4n) is 3.39. The van der Waals surface area contributed by atoms with Gasteiger partial charge >= 0.3 is 0 Å². The Balaban J connectivity index is 1.86. The molecule has 1 aliphatic rings. The largest absolute Gasteiger partial charge is 0.496 e. The summed E-state index contributed by atoms with van der Waals surface area (Å²) >= 11 is 0. The third kappa shape index (κ3) is 3.05. The van der Waals surface area contributed by atoms with Gasteiger partial charge in [-0.2, -0.15) is 0 Å². The number of nitrogens with zero attached hydrogens (tertiary/aromatic N) is 2. The molecule has 1 saturated heterocycles. The molecule has 3 rings (SSSR count). The molecular weight excluding hydrogens is 328 g/mol. The summed E-state index contributed by atoms with van der Waals surface area (Å²) in [5.74, 6) is 0.284. The lowest BCUT2D eigenvalue weighted by Crippen LogP contribution is -2.58. The van der Waals surface area contributed by atoms with Gasteiger partial charge in [0.05, 0.1) is 12.7 Å². The summed E-state index contributed by atoms with van der Waals surface area (Å²) < 4.78 is 5.30. The predicted octanol–water partition coefficient (Wildman–Crippen LogP) is 3.19. The summed E-state index contributed by atoms with van der Waals surface area (Å²) in [6.45, 7) is 6.81. The minimum absolute atomic E-state index is 0.0619. The number of aryl methyl sites for hydroxylation is 1. The highest BCUT2D eigenvalue weighted by atomic mass is 16.5. The van der Waals surface area contributed by atoms with Gasteiger partial charge in [0, 0.05) is 18.8 Å². The summed E-state index contributed by atoms with van der Waals surface area (Å²) in [5.41, 5.74) is 3.65. The Bertz CT molecular complexity index is 847. The Labute approximate surface area is 154 Å². The van der Waals surface area contributed by atoms with Gasteiger partial charge in [-0.1, -0.05) is 24.3 Å². The Morgan fingerprint density at radius 2 is 1.81 bits per heavy atom. The van der Waals surface area contributed by atoms with Crippen LogP contribution in [-0.2, 0) is 4.79 Å². The Morgan fingerprint density at radius 3 is 2.54 bits per heavy atom. The second-order valence-electron chi connectivity index (χ2n) is 6.58. The molecule has 0 N–H and O–H groups in total. The van der Waals surface area contributed by atoms with E-state index in [2.05, 4.69) is 0 Å². The first-order chi connectivity index (χ1) is 12.5. The smallest absolute Gasteiger partial charge is 0.258 e. The molecule has 0 unspecified atom stereocenters. The van der Waals surface area contributed by atoms with Crippen LogP contribution >= 0.6 is 0 Å². The highest BCUT2D eigenvalue weighted by molar-refractivity contribution is 6.04. The topological polar surface area (TPSA) is 49.9 Å². The van der Waals surface area contributed by atoms with Crippen molar-refractivity contribution in [3.8, 4) is 5.75 Å². The van der Waals surface area contributed by atoms with Crippen molar-refractivity contribution in [1.82, 2.24) is 4.90 Å². The zero-order valence-electron chi connectivity index (χ0n) is 15.7.